The van der Waals surface area contributed by atoms with Gasteiger partial charge in [-0.05, 0) is 25.7 Å². The summed E-state index contributed by atoms with van der Waals surface area (Å²) in [5, 5.41) is 0. The molecule has 4 nitrogen and oxygen atoms in total. The minimum Gasteiger partial charge on any atom is -0.385 e. The third kappa shape index (κ3) is 7.41. The number of ketones is 2. The maximum atomic E-state index is 13.9. The second kappa shape index (κ2) is 13.9. The van der Waals surface area contributed by atoms with Crippen molar-refractivity contribution in [3.63, 3.8) is 0 Å². The summed E-state index contributed by atoms with van der Waals surface area (Å²) in [6.07, 6.45) is 6.48. The third-order valence-electron chi connectivity index (χ3n) is 5.85. The first-order valence-corrected chi connectivity index (χ1v) is 11.3. The molecular weight excluding hydrogens is 388 g/mol. The average molecular weight is 425 g/mol. The summed E-state index contributed by atoms with van der Waals surface area (Å²) in [5.41, 5.74) is 0.184. The van der Waals surface area contributed by atoms with Crippen LogP contribution >= 0.6 is 0 Å². The van der Waals surface area contributed by atoms with Gasteiger partial charge in [-0.3, -0.25) is 9.59 Å². The van der Waals surface area contributed by atoms with Gasteiger partial charge in [-0.2, -0.15) is 0 Å². The Hall–Kier alpha value is -2.30. The Bertz CT molecular complexity index is 703. The molecule has 0 aliphatic carbocycles. The molecule has 0 aliphatic heterocycles. The fourth-order valence-corrected chi connectivity index (χ4v) is 4.11. The van der Waals surface area contributed by atoms with E-state index in [0.29, 0.717) is 37.2 Å². The van der Waals surface area contributed by atoms with Crippen LogP contribution < -0.4 is 0 Å². The lowest BCUT2D eigenvalue weighted by atomic mass is 9.68. The van der Waals surface area contributed by atoms with E-state index in [-0.39, 0.29) is 11.6 Å². The zero-order valence-corrected chi connectivity index (χ0v) is 19.0. The summed E-state index contributed by atoms with van der Waals surface area (Å²) in [6, 6.07) is 18.5. The van der Waals surface area contributed by atoms with Crippen LogP contribution in [0, 0.1) is 5.41 Å². The Balaban J connectivity index is 2.34. The van der Waals surface area contributed by atoms with E-state index in [2.05, 4.69) is 0 Å². The molecule has 0 unspecified atom stereocenters. The van der Waals surface area contributed by atoms with E-state index in [4.69, 9.17) is 9.47 Å². The van der Waals surface area contributed by atoms with E-state index < -0.39 is 5.41 Å². The summed E-state index contributed by atoms with van der Waals surface area (Å²) in [5.74, 6) is -0.110. The first kappa shape index (κ1) is 25.0. The van der Waals surface area contributed by atoms with Gasteiger partial charge in [-0.15, -0.1) is 0 Å². The van der Waals surface area contributed by atoms with Gasteiger partial charge in [0.1, 0.15) is 0 Å². The Morgan fingerprint density at radius 2 is 1.00 bits per heavy atom. The van der Waals surface area contributed by atoms with Gasteiger partial charge in [0, 0.05) is 38.6 Å². The van der Waals surface area contributed by atoms with Gasteiger partial charge in [0.25, 0.3) is 0 Å². The van der Waals surface area contributed by atoms with Gasteiger partial charge in [0.2, 0.25) is 0 Å². The highest BCUT2D eigenvalue weighted by Crippen LogP contribution is 2.39. The number of Topliss-reactive ketones (excluding diaryl/α,β-unsaturated/α-hetero) is 2. The molecular formula is C27H36O4. The van der Waals surface area contributed by atoms with Crippen LogP contribution in [0.4, 0.5) is 0 Å². The van der Waals surface area contributed by atoms with Gasteiger partial charge >= 0.3 is 0 Å². The van der Waals surface area contributed by atoms with Crippen LogP contribution in [0.1, 0.15) is 72.1 Å². The summed E-state index contributed by atoms with van der Waals surface area (Å²) in [4.78, 5) is 27.7. The Morgan fingerprint density at radius 3 is 1.35 bits per heavy atom. The highest BCUT2D eigenvalue weighted by Gasteiger charge is 2.44. The van der Waals surface area contributed by atoms with Crippen LogP contribution in [-0.2, 0) is 9.47 Å². The minimum atomic E-state index is -1.04. The van der Waals surface area contributed by atoms with Crippen LogP contribution in [0.25, 0.3) is 0 Å². The largest absolute Gasteiger partial charge is 0.385 e. The molecule has 0 aromatic heterocycles. The SMILES string of the molecule is COCCCCCC(CCCCCOC)(C(=O)c1ccccc1)C(=O)c1ccccc1. The van der Waals surface area contributed by atoms with E-state index in [1.807, 2.05) is 60.7 Å². The Morgan fingerprint density at radius 1 is 0.613 bits per heavy atom. The second-order valence-electron chi connectivity index (χ2n) is 8.08. The van der Waals surface area contributed by atoms with Gasteiger partial charge in [0.15, 0.2) is 11.6 Å². The number of ether oxygens (including phenoxy) is 2. The number of methoxy groups -OCH3 is 2. The van der Waals surface area contributed by atoms with Crippen molar-refractivity contribution in [3.05, 3.63) is 71.8 Å². The summed E-state index contributed by atoms with van der Waals surface area (Å²) >= 11 is 0. The monoisotopic (exact) mass is 424 g/mol. The molecule has 0 N–H and O–H groups in total. The molecule has 168 valence electrons. The first-order valence-electron chi connectivity index (χ1n) is 11.3. The highest BCUT2D eigenvalue weighted by molar-refractivity contribution is 6.19. The molecule has 0 saturated carbocycles. The zero-order valence-electron chi connectivity index (χ0n) is 19.0. The normalized spacial score (nSPS) is 11.4. The van der Waals surface area contributed by atoms with E-state index in [1.54, 1.807) is 14.2 Å². The maximum absolute atomic E-state index is 13.9. The van der Waals surface area contributed by atoms with Crippen molar-refractivity contribution >= 4 is 11.6 Å². The average Bonchev–Trinajstić information content (AvgIpc) is 2.83. The molecule has 4 heteroatoms. The highest BCUT2D eigenvalue weighted by atomic mass is 16.5. The van der Waals surface area contributed by atoms with Crippen molar-refractivity contribution in [2.24, 2.45) is 5.41 Å². The molecule has 2 aromatic carbocycles. The number of rotatable bonds is 16. The van der Waals surface area contributed by atoms with Crippen LogP contribution in [-0.4, -0.2) is 39.0 Å². The Kier molecular flexibility index (Phi) is 11.2. The second-order valence-corrected chi connectivity index (χ2v) is 8.08. The molecule has 0 spiro atoms. The molecule has 0 atom stereocenters. The van der Waals surface area contributed by atoms with E-state index in [1.165, 1.54) is 0 Å². The van der Waals surface area contributed by atoms with Crippen LogP contribution in [0.15, 0.2) is 60.7 Å². The number of hydrogen-bond acceptors (Lipinski definition) is 4. The molecule has 2 rings (SSSR count). The van der Waals surface area contributed by atoms with E-state index in [0.717, 1.165) is 38.5 Å². The molecule has 0 bridgehead atoms. The zero-order chi connectivity index (χ0) is 22.4. The number of unbranched alkanes of at least 4 members (excludes halogenated alkanes) is 4. The van der Waals surface area contributed by atoms with E-state index in [9.17, 15) is 9.59 Å². The quantitative estimate of drug-likeness (QED) is 0.184. The van der Waals surface area contributed by atoms with Crippen molar-refractivity contribution in [1.82, 2.24) is 0 Å². The fraction of sp³-hybridized carbons (Fsp3) is 0.481. The van der Waals surface area contributed by atoms with Crippen LogP contribution in [0.3, 0.4) is 0 Å². The molecule has 0 heterocycles. The molecule has 0 fully saturated rings. The van der Waals surface area contributed by atoms with Crippen LogP contribution in [0.5, 0.6) is 0 Å². The Labute approximate surface area is 187 Å². The lowest BCUT2D eigenvalue weighted by molar-refractivity contribution is 0.0616. The molecule has 2 aromatic rings. The molecule has 0 amide bonds. The first-order chi connectivity index (χ1) is 15.2. The predicted molar refractivity (Wildman–Crippen MR) is 125 cm³/mol. The predicted octanol–water partition coefficient (Wildman–Crippen LogP) is 6.15. The van der Waals surface area contributed by atoms with Crippen molar-refractivity contribution in [3.8, 4) is 0 Å². The van der Waals surface area contributed by atoms with Crippen LogP contribution in [0.2, 0.25) is 0 Å². The van der Waals surface area contributed by atoms with Crippen molar-refractivity contribution in [1.29, 1.82) is 0 Å². The number of benzene rings is 2. The number of carbonyl (C=O) groups is 2. The summed E-state index contributed by atoms with van der Waals surface area (Å²) in [7, 11) is 3.39. The lowest BCUT2D eigenvalue weighted by Crippen LogP contribution is -2.40. The van der Waals surface area contributed by atoms with Crippen molar-refractivity contribution in [2.75, 3.05) is 27.4 Å². The lowest BCUT2D eigenvalue weighted by Gasteiger charge is -2.32. The van der Waals surface area contributed by atoms with Crippen molar-refractivity contribution < 1.29 is 19.1 Å². The fourth-order valence-electron chi connectivity index (χ4n) is 4.11. The summed E-state index contributed by atoms with van der Waals surface area (Å²) < 4.78 is 10.3. The standard InChI is InChI=1S/C27H36O4/c1-30-21-13-5-11-19-27(20-12-6-14-22-31-2,25(28)23-15-7-3-8-16-23)26(29)24-17-9-4-10-18-24/h3-4,7-10,15-18H,5-6,11-14,19-22H2,1-2H3. The minimum absolute atomic E-state index is 0.0552. The topological polar surface area (TPSA) is 52.6 Å². The smallest absolute Gasteiger partial charge is 0.176 e. The van der Waals surface area contributed by atoms with Crippen molar-refractivity contribution in [2.45, 2.75) is 51.4 Å². The maximum Gasteiger partial charge on any atom is 0.176 e. The third-order valence-corrected chi connectivity index (χ3v) is 5.85. The number of carbonyl (C=O) groups excluding carboxylic acids is 2. The van der Waals surface area contributed by atoms with Gasteiger partial charge in [0.05, 0.1) is 5.41 Å². The molecule has 0 radical (unpaired) electrons. The number of hydrogen-bond donors (Lipinski definition) is 0. The summed E-state index contributed by atoms with van der Waals surface area (Å²) in [6.45, 7) is 1.40. The van der Waals surface area contributed by atoms with E-state index >= 15 is 0 Å². The molecule has 0 saturated heterocycles. The van der Waals surface area contributed by atoms with Gasteiger partial charge in [-0.1, -0.05) is 86.3 Å². The molecule has 31 heavy (non-hydrogen) atoms. The van der Waals surface area contributed by atoms with Gasteiger partial charge < -0.3 is 9.47 Å². The molecule has 0 aliphatic rings. The van der Waals surface area contributed by atoms with Gasteiger partial charge in [-0.25, -0.2) is 0 Å².